The number of fused-ring (bicyclic) bond motifs is 2. The minimum absolute atomic E-state index is 0.228. The number of anilines is 1. The number of pyridine rings is 2. The van der Waals surface area contributed by atoms with E-state index in [-0.39, 0.29) is 6.03 Å². The zero-order valence-electron chi connectivity index (χ0n) is 14.2. The van der Waals surface area contributed by atoms with Crippen LogP contribution in [0.1, 0.15) is 35.2 Å². The maximum atomic E-state index is 12.3. The first-order chi connectivity index (χ1) is 12.2. The van der Waals surface area contributed by atoms with Gasteiger partial charge in [-0.3, -0.25) is 4.98 Å². The average Bonchev–Trinajstić information content (AvgIpc) is 3.09. The lowest BCUT2D eigenvalue weighted by atomic mass is 9.91. The second-order valence-electron chi connectivity index (χ2n) is 6.48. The van der Waals surface area contributed by atoms with Gasteiger partial charge >= 0.3 is 6.03 Å². The summed E-state index contributed by atoms with van der Waals surface area (Å²) in [6, 6.07) is 3.79. The molecule has 0 fully saturated rings. The summed E-state index contributed by atoms with van der Waals surface area (Å²) < 4.78 is 1.90. The normalized spacial score (nSPS) is 13.5. The molecule has 1 aliphatic rings. The molecule has 4 rings (SSSR count). The standard InChI is InChI=1S/C19H21N5O/c1-13-10-15(12-24-9-8-21-18(13)24)23-19(25)22-11-17-16-5-3-2-4-14(16)6-7-20-17/h6-10,12H,2-5,11H2,1H3,(H2,22,23,25). The van der Waals surface area contributed by atoms with Gasteiger partial charge in [-0.25, -0.2) is 9.78 Å². The highest BCUT2D eigenvalue weighted by atomic mass is 16.2. The Bertz CT molecular complexity index is 931. The molecule has 0 aromatic carbocycles. The van der Waals surface area contributed by atoms with Crippen LogP contribution in [0.4, 0.5) is 10.5 Å². The van der Waals surface area contributed by atoms with Crippen LogP contribution in [-0.4, -0.2) is 20.4 Å². The van der Waals surface area contributed by atoms with E-state index < -0.39 is 0 Å². The van der Waals surface area contributed by atoms with Crippen LogP contribution in [0.3, 0.4) is 0 Å². The zero-order chi connectivity index (χ0) is 17.2. The van der Waals surface area contributed by atoms with Crippen LogP contribution in [0.5, 0.6) is 0 Å². The minimum atomic E-state index is -0.228. The Morgan fingerprint density at radius 1 is 1.24 bits per heavy atom. The number of carbonyl (C=O) groups excluding carboxylic acids is 1. The molecule has 6 heteroatoms. The van der Waals surface area contributed by atoms with E-state index in [4.69, 9.17) is 0 Å². The van der Waals surface area contributed by atoms with Crippen molar-refractivity contribution in [2.75, 3.05) is 5.32 Å². The fourth-order valence-electron chi connectivity index (χ4n) is 3.50. The molecule has 0 unspecified atom stereocenters. The Kier molecular flexibility index (Phi) is 4.09. The highest BCUT2D eigenvalue weighted by molar-refractivity contribution is 5.89. The van der Waals surface area contributed by atoms with Gasteiger partial charge in [0.25, 0.3) is 0 Å². The highest BCUT2D eigenvalue weighted by Crippen LogP contribution is 2.23. The maximum Gasteiger partial charge on any atom is 0.319 e. The number of rotatable bonds is 3. The van der Waals surface area contributed by atoms with Gasteiger partial charge < -0.3 is 15.0 Å². The summed E-state index contributed by atoms with van der Waals surface area (Å²) in [7, 11) is 0. The number of urea groups is 1. The number of hydrogen-bond donors (Lipinski definition) is 2. The van der Waals surface area contributed by atoms with Gasteiger partial charge in [0.2, 0.25) is 0 Å². The van der Waals surface area contributed by atoms with Crippen molar-refractivity contribution >= 4 is 17.4 Å². The van der Waals surface area contributed by atoms with Crippen molar-refractivity contribution in [3.63, 3.8) is 0 Å². The Morgan fingerprint density at radius 3 is 3.04 bits per heavy atom. The van der Waals surface area contributed by atoms with Crippen LogP contribution in [-0.2, 0) is 19.4 Å². The van der Waals surface area contributed by atoms with E-state index >= 15 is 0 Å². The lowest BCUT2D eigenvalue weighted by Crippen LogP contribution is -2.29. The van der Waals surface area contributed by atoms with Crippen molar-refractivity contribution in [1.29, 1.82) is 0 Å². The van der Waals surface area contributed by atoms with Crippen LogP contribution in [0.2, 0.25) is 0 Å². The van der Waals surface area contributed by atoms with E-state index in [9.17, 15) is 4.79 Å². The van der Waals surface area contributed by atoms with Gasteiger partial charge in [0.15, 0.2) is 0 Å². The molecule has 0 saturated heterocycles. The number of nitrogens with one attached hydrogen (secondary N) is 2. The maximum absolute atomic E-state index is 12.3. The smallest absolute Gasteiger partial charge is 0.319 e. The fraction of sp³-hybridized carbons (Fsp3) is 0.316. The number of imidazole rings is 1. The van der Waals surface area contributed by atoms with E-state index in [1.807, 2.05) is 36.0 Å². The van der Waals surface area contributed by atoms with Crippen LogP contribution >= 0.6 is 0 Å². The van der Waals surface area contributed by atoms with Crippen LogP contribution in [0, 0.1) is 6.92 Å². The number of nitrogens with zero attached hydrogens (tertiary/aromatic N) is 3. The van der Waals surface area contributed by atoms with Crippen molar-refractivity contribution in [2.24, 2.45) is 0 Å². The summed E-state index contributed by atoms with van der Waals surface area (Å²) in [5.74, 6) is 0. The van der Waals surface area contributed by atoms with Gasteiger partial charge in [0, 0.05) is 24.8 Å². The number of aromatic nitrogens is 3. The number of aryl methyl sites for hydroxylation is 2. The van der Waals surface area contributed by atoms with Crippen molar-refractivity contribution in [2.45, 2.75) is 39.2 Å². The molecule has 3 heterocycles. The van der Waals surface area contributed by atoms with Gasteiger partial charge in [-0.1, -0.05) is 0 Å². The number of hydrogen-bond acceptors (Lipinski definition) is 3. The summed E-state index contributed by atoms with van der Waals surface area (Å²) in [5.41, 5.74) is 6.31. The lowest BCUT2D eigenvalue weighted by Gasteiger charge is -2.18. The first kappa shape index (κ1) is 15.6. The molecule has 2 N–H and O–H groups in total. The molecule has 2 amide bonds. The minimum Gasteiger partial charge on any atom is -0.332 e. The largest absolute Gasteiger partial charge is 0.332 e. The van der Waals surface area contributed by atoms with Crippen molar-refractivity contribution in [3.05, 3.63) is 59.3 Å². The molecular formula is C19H21N5O. The highest BCUT2D eigenvalue weighted by Gasteiger charge is 2.14. The summed E-state index contributed by atoms with van der Waals surface area (Å²) in [6.45, 7) is 2.42. The Balaban J connectivity index is 1.44. The molecule has 3 aromatic rings. The zero-order valence-corrected chi connectivity index (χ0v) is 14.2. The summed E-state index contributed by atoms with van der Waals surface area (Å²) in [5, 5.41) is 5.81. The molecule has 0 aliphatic heterocycles. The molecule has 3 aromatic heterocycles. The van der Waals surface area contributed by atoms with E-state index in [0.717, 1.165) is 35.4 Å². The number of carbonyl (C=O) groups is 1. The lowest BCUT2D eigenvalue weighted by molar-refractivity contribution is 0.251. The van der Waals surface area contributed by atoms with Gasteiger partial charge in [-0.15, -0.1) is 0 Å². The van der Waals surface area contributed by atoms with E-state index in [0.29, 0.717) is 6.54 Å². The second kappa shape index (κ2) is 6.55. The predicted octanol–water partition coefficient (Wildman–Crippen LogP) is 3.24. The molecule has 128 valence electrons. The third-order valence-corrected chi connectivity index (χ3v) is 4.71. The van der Waals surface area contributed by atoms with Crippen LogP contribution in [0.15, 0.2) is 36.9 Å². The molecule has 6 nitrogen and oxygen atoms in total. The Labute approximate surface area is 146 Å². The van der Waals surface area contributed by atoms with Gasteiger partial charge in [0.1, 0.15) is 5.65 Å². The predicted molar refractivity (Wildman–Crippen MR) is 96.7 cm³/mol. The van der Waals surface area contributed by atoms with Crippen molar-refractivity contribution < 1.29 is 4.79 Å². The third kappa shape index (κ3) is 3.20. The average molecular weight is 335 g/mol. The topological polar surface area (TPSA) is 71.3 Å². The molecule has 0 radical (unpaired) electrons. The van der Waals surface area contributed by atoms with Gasteiger partial charge in [-0.05, 0) is 61.4 Å². The molecule has 0 atom stereocenters. The van der Waals surface area contributed by atoms with Gasteiger partial charge in [0.05, 0.1) is 17.9 Å². The van der Waals surface area contributed by atoms with Crippen LogP contribution in [0.25, 0.3) is 5.65 Å². The molecule has 0 spiro atoms. The van der Waals surface area contributed by atoms with Gasteiger partial charge in [-0.2, -0.15) is 0 Å². The molecule has 0 bridgehead atoms. The Hall–Kier alpha value is -2.89. The summed E-state index contributed by atoms with van der Waals surface area (Å²) in [4.78, 5) is 21.0. The second-order valence-corrected chi connectivity index (χ2v) is 6.48. The van der Waals surface area contributed by atoms with Crippen molar-refractivity contribution in [1.82, 2.24) is 19.7 Å². The third-order valence-electron chi connectivity index (χ3n) is 4.71. The van der Waals surface area contributed by atoms with E-state index in [2.05, 4.69) is 26.7 Å². The van der Waals surface area contributed by atoms with Crippen molar-refractivity contribution in [3.8, 4) is 0 Å². The first-order valence-electron chi connectivity index (χ1n) is 8.64. The van der Waals surface area contributed by atoms with E-state index in [1.165, 1.54) is 24.0 Å². The summed E-state index contributed by atoms with van der Waals surface area (Å²) >= 11 is 0. The first-order valence-corrected chi connectivity index (χ1v) is 8.64. The molecule has 1 aliphatic carbocycles. The Morgan fingerprint density at radius 2 is 2.12 bits per heavy atom. The monoisotopic (exact) mass is 335 g/mol. The van der Waals surface area contributed by atoms with Crippen LogP contribution < -0.4 is 10.6 Å². The number of amides is 2. The molecular weight excluding hydrogens is 314 g/mol. The molecule has 0 saturated carbocycles. The fourth-order valence-corrected chi connectivity index (χ4v) is 3.50. The SMILES string of the molecule is Cc1cc(NC(=O)NCc2nccc3c2CCCC3)cn2ccnc12. The quantitative estimate of drug-likeness (QED) is 0.772. The summed E-state index contributed by atoms with van der Waals surface area (Å²) in [6.07, 6.45) is 11.9. The van der Waals surface area contributed by atoms with E-state index in [1.54, 1.807) is 6.20 Å². The molecule has 25 heavy (non-hydrogen) atoms.